The third-order valence-corrected chi connectivity index (χ3v) is 4.30. The van der Waals surface area contributed by atoms with Crippen molar-refractivity contribution in [2.75, 3.05) is 0 Å². The Kier molecular flexibility index (Phi) is 3.65. The summed E-state index contributed by atoms with van der Waals surface area (Å²) in [7, 11) is 0. The van der Waals surface area contributed by atoms with Crippen LogP contribution in [-0.4, -0.2) is 9.55 Å². The third-order valence-electron chi connectivity index (χ3n) is 4.01. The van der Waals surface area contributed by atoms with Crippen molar-refractivity contribution in [2.45, 2.75) is 58.9 Å². The highest BCUT2D eigenvalue weighted by Gasteiger charge is 2.34. The molecule has 1 N–H and O–H groups in total. The van der Waals surface area contributed by atoms with Gasteiger partial charge < -0.3 is 0 Å². The summed E-state index contributed by atoms with van der Waals surface area (Å²) in [6, 6.07) is -0.0129. The molecule has 0 aromatic carbocycles. The maximum atomic E-state index is 12.5. The van der Waals surface area contributed by atoms with Gasteiger partial charge in [-0.05, 0) is 30.6 Å². The molecule has 0 radical (unpaired) electrons. The fraction of sp³-hybridized carbons (Fsp3) is 0.714. The van der Waals surface area contributed by atoms with Gasteiger partial charge in [0, 0.05) is 6.04 Å². The van der Waals surface area contributed by atoms with E-state index in [-0.39, 0.29) is 33.8 Å². The predicted molar refractivity (Wildman–Crippen MR) is 77.1 cm³/mol. The predicted octanol–water partition coefficient (Wildman–Crippen LogP) is 3.06. The number of rotatable bonds is 2. The number of aromatic amines is 1. The lowest BCUT2D eigenvalue weighted by Crippen LogP contribution is -2.40. The molecule has 1 fully saturated rings. The van der Waals surface area contributed by atoms with Crippen LogP contribution in [0.2, 0.25) is 5.15 Å². The minimum atomic E-state index is -0.387. The van der Waals surface area contributed by atoms with E-state index in [1.807, 2.05) is 13.8 Å². The summed E-state index contributed by atoms with van der Waals surface area (Å²) >= 11 is 6.00. The first kappa shape index (κ1) is 14.4. The lowest BCUT2D eigenvalue weighted by atomic mass is 9.92. The zero-order chi connectivity index (χ0) is 14.4. The second-order valence-electron chi connectivity index (χ2n) is 6.55. The Morgan fingerprint density at radius 1 is 1.37 bits per heavy atom. The van der Waals surface area contributed by atoms with Gasteiger partial charge in [0.25, 0.3) is 5.56 Å². The maximum absolute atomic E-state index is 12.5. The molecule has 2 rings (SSSR count). The van der Waals surface area contributed by atoms with Crippen LogP contribution in [0.3, 0.4) is 0 Å². The summed E-state index contributed by atoms with van der Waals surface area (Å²) in [5, 5.41) is 0.179. The Hall–Kier alpha value is -1.03. The van der Waals surface area contributed by atoms with Gasteiger partial charge in [-0.25, -0.2) is 4.79 Å². The van der Waals surface area contributed by atoms with Crippen LogP contribution in [0, 0.1) is 5.41 Å². The van der Waals surface area contributed by atoms with E-state index in [1.54, 1.807) is 0 Å². The Morgan fingerprint density at radius 2 is 2.00 bits per heavy atom. The quantitative estimate of drug-likeness (QED) is 0.849. The van der Waals surface area contributed by atoms with E-state index in [0.717, 1.165) is 19.3 Å². The highest BCUT2D eigenvalue weighted by atomic mass is 35.5. The highest BCUT2D eigenvalue weighted by Crippen LogP contribution is 2.42. The monoisotopic (exact) mass is 284 g/mol. The highest BCUT2D eigenvalue weighted by molar-refractivity contribution is 6.30. The minimum absolute atomic E-state index is 0.00230. The van der Waals surface area contributed by atoms with Gasteiger partial charge >= 0.3 is 5.69 Å². The van der Waals surface area contributed by atoms with Crippen LogP contribution in [0.4, 0.5) is 0 Å². The number of nitrogens with zero attached hydrogens (tertiary/aromatic N) is 1. The van der Waals surface area contributed by atoms with E-state index in [4.69, 9.17) is 11.6 Å². The number of hydrogen-bond acceptors (Lipinski definition) is 2. The zero-order valence-electron chi connectivity index (χ0n) is 11.9. The summed E-state index contributed by atoms with van der Waals surface area (Å²) in [6.45, 7) is 8.16. The zero-order valence-corrected chi connectivity index (χ0v) is 12.7. The molecule has 0 aliphatic heterocycles. The molecule has 1 atom stereocenters. The Balaban J connectivity index is 2.56. The number of aromatic nitrogens is 2. The Morgan fingerprint density at radius 3 is 2.47 bits per heavy atom. The van der Waals surface area contributed by atoms with Crippen molar-refractivity contribution in [3.05, 3.63) is 31.6 Å². The summed E-state index contributed by atoms with van der Waals surface area (Å²) in [5.74, 6) is -0.00230. The average molecular weight is 285 g/mol. The molecule has 1 aliphatic rings. The second kappa shape index (κ2) is 4.82. The molecule has 0 spiro atoms. The van der Waals surface area contributed by atoms with Crippen molar-refractivity contribution >= 4 is 11.6 Å². The SMILES string of the molecule is CC(C)c1c(Cl)[nH]c(=O)n(C2CCC(C)(C)C2)c1=O. The molecule has 5 heteroatoms. The molecule has 1 heterocycles. The van der Waals surface area contributed by atoms with Crippen molar-refractivity contribution in [1.82, 2.24) is 9.55 Å². The molecule has 0 amide bonds. The van der Waals surface area contributed by atoms with Crippen LogP contribution in [0.1, 0.15) is 64.5 Å². The van der Waals surface area contributed by atoms with Crippen LogP contribution in [0.25, 0.3) is 0 Å². The number of halogens is 1. The van der Waals surface area contributed by atoms with Gasteiger partial charge in [-0.15, -0.1) is 0 Å². The summed E-state index contributed by atoms with van der Waals surface area (Å²) in [4.78, 5) is 27.2. The maximum Gasteiger partial charge on any atom is 0.329 e. The number of hydrogen-bond donors (Lipinski definition) is 1. The van der Waals surface area contributed by atoms with Crippen molar-refractivity contribution in [1.29, 1.82) is 0 Å². The van der Waals surface area contributed by atoms with E-state index in [1.165, 1.54) is 4.57 Å². The van der Waals surface area contributed by atoms with Crippen LogP contribution in [0.15, 0.2) is 9.59 Å². The summed E-state index contributed by atoms with van der Waals surface area (Å²) < 4.78 is 1.37. The molecule has 1 aromatic rings. The molecule has 1 aliphatic carbocycles. The van der Waals surface area contributed by atoms with Crippen LogP contribution < -0.4 is 11.2 Å². The van der Waals surface area contributed by atoms with Gasteiger partial charge in [0.1, 0.15) is 5.15 Å². The third kappa shape index (κ3) is 2.64. The minimum Gasteiger partial charge on any atom is -0.297 e. The molecule has 106 valence electrons. The van der Waals surface area contributed by atoms with Gasteiger partial charge in [0.15, 0.2) is 0 Å². The van der Waals surface area contributed by atoms with E-state index in [9.17, 15) is 9.59 Å². The fourth-order valence-corrected chi connectivity index (χ4v) is 3.37. The molecule has 0 bridgehead atoms. The largest absolute Gasteiger partial charge is 0.329 e. The number of H-pyrrole nitrogens is 1. The Labute approximate surface area is 117 Å². The van der Waals surface area contributed by atoms with E-state index >= 15 is 0 Å². The molecular weight excluding hydrogens is 264 g/mol. The smallest absolute Gasteiger partial charge is 0.297 e. The van der Waals surface area contributed by atoms with Crippen LogP contribution >= 0.6 is 11.6 Å². The van der Waals surface area contributed by atoms with E-state index < -0.39 is 0 Å². The van der Waals surface area contributed by atoms with Gasteiger partial charge in [-0.1, -0.05) is 39.3 Å². The molecule has 1 saturated carbocycles. The summed E-state index contributed by atoms with van der Waals surface area (Å²) in [6.07, 6.45) is 2.76. The fourth-order valence-electron chi connectivity index (χ4n) is 2.99. The first-order valence-corrected chi connectivity index (χ1v) is 7.15. The van der Waals surface area contributed by atoms with Crippen molar-refractivity contribution in [2.24, 2.45) is 5.41 Å². The van der Waals surface area contributed by atoms with E-state index in [0.29, 0.717) is 5.56 Å². The first-order chi connectivity index (χ1) is 8.73. The second-order valence-corrected chi connectivity index (χ2v) is 6.93. The van der Waals surface area contributed by atoms with Gasteiger partial charge in [-0.3, -0.25) is 14.3 Å². The van der Waals surface area contributed by atoms with Crippen LogP contribution in [-0.2, 0) is 0 Å². The lowest BCUT2D eigenvalue weighted by Gasteiger charge is -2.19. The topological polar surface area (TPSA) is 54.9 Å². The molecular formula is C14H21ClN2O2. The van der Waals surface area contributed by atoms with Gasteiger partial charge in [-0.2, -0.15) is 0 Å². The standard InChI is InChI=1S/C14H21ClN2O2/c1-8(2)10-11(15)16-13(19)17(12(10)18)9-5-6-14(3,4)7-9/h8-9H,5-7H2,1-4H3,(H,16,19). The molecule has 1 aromatic heterocycles. The lowest BCUT2D eigenvalue weighted by molar-refractivity contribution is 0.352. The molecule has 4 nitrogen and oxygen atoms in total. The number of nitrogens with one attached hydrogen (secondary N) is 1. The molecule has 0 saturated heterocycles. The van der Waals surface area contributed by atoms with Gasteiger partial charge in [0.2, 0.25) is 0 Å². The molecule has 19 heavy (non-hydrogen) atoms. The Bertz CT molecular complexity index is 598. The van der Waals surface area contributed by atoms with Crippen LogP contribution in [0.5, 0.6) is 0 Å². The molecule has 1 unspecified atom stereocenters. The van der Waals surface area contributed by atoms with E-state index in [2.05, 4.69) is 18.8 Å². The normalized spacial score (nSPS) is 22.1. The van der Waals surface area contributed by atoms with Gasteiger partial charge in [0.05, 0.1) is 5.56 Å². The first-order valence-electron chi connectivity index (χ1n) is 6.77. The van der Waals surface area contributed by atoms with Crippen molar-refractivity contribution in [3.8, 4) is 0 Å². The average Bonchev–Trinajstić information content (AvgIpc) is 2.57. The van der Waals surface area contributed by atoms with Crippen molar-refractivity contribution in [3.63, 3.8) is 0 Å². The van der Waals surface area contributed by atoms with Crippen molar-refractivity contribution < 1.29 is 0 Å². The summed E-state index contributed by atoms with van der Waals surface area (Å²) in [5.41, 5.74) is 0.0771.